The van der Waals surface area contributed by atoms with Gasteiger partial charge < -0.3 is 24.1 Å². The maximum Gasteiger partial charge on any atom is 0.194 e. The average molecular weight is 410 g/mol. The molecule has 2 aromatic heterocycles. The molecule has 30 heavy (non-hydrogen) atoms. The van der Waals surface area contributed by atoms with Crippen molar-refractivity contribution in [2.45, 2.75) is 40.4 Å². The molecule has 0 aliphatic heterocycles. The Hall–Kier alpha value is -3.29. The van der Waals surface area contributed by atoms with Crippen molar-refractivity contribution in [3.63, 3.8) is 0 Å². The molecular formula is C22H31N7O. The molecule has 1 aromatic carbocycles. The van der Waals surface area contributed by atoms with Crippen LogP contribution >= 0.6 is 0 Å². The number of aryl methyl sites for hydroxylation is 2. The molecule has 8 heteroatoms. The minimum Gasteiger partial charge on any atom is -0.497 e. The molecule has 3 aromatic rings. The highest BCUT2D eigenvalue weighted by atomic mass is 16.5. The number of aromatic nitrogens is 4. The van der Waals surface area contributed by atoms with Crippen LogP contribution in [0, 0.1) is 13.8 Å². The Morgan fingerprint density at radius 1 is 1.23 bits per heavy atom. The molecule has 0 radical (unpaired) electrons. The number of benzene rings is 1. The van der Waals surface area contributed by atoms with Crippen LogP contribution in [0.3, 0.4) is 0 Å². The lowest BCUT2D eigenvalue weighted by Gasteiger charge is -2.22. The normalized spacial score (nSPS) is 11.6. The summed E-state index contributed by atoms with van der Waals surface area (Å²) in [6, 6.07) is 10.4. The Labute approximate surface area is 178 Å². The van der Waals surface area contributed by atoms with Gasteiger partial charge in [0.25, 0.3) is 0 Å². The summed E-state index contributed by atoms with van der Waals surface area (Å²) in [4.78, 5) is 6.55. The zero-order valence-corrected chi connectivity index (χ0v) is 18.7. The summed E-state index contributed by atoms with van der Waals surface area (Å²) in [5.41, 5.74) is 4.79. The lowest BCUT2D eigenvalue weighted by atomic mass is 10.2. The zero-order valence-electron chi connectivity index (χ0n) is 18.7. The summed E-state index contributed by atoms with van der Waals surface area (Å²) in [6.07, 6.45) is 1.75. The summed E-state index contributed by atoms with van der Waals surface area (Å²) in [5.74, 6) is 2.56. The minimum atomic E-state index is 0.579. The van der Waals surface area contributed by atoms with Crippen LogP contribution in [0.15, 0.2) is 41.7 Å². The predicted molar refractivity (Wildman–Crippen MR) is 119 cm³/mol. The van der Waals surface area contributed by atoms with Gasteiger partial charge >= 0.3 is 0 Å². The molecule has 1 N–H and O–H groups in total. The Kier molecular flexibility index (Phi) is 6.76. The quantitative estimate of drug-likeness (QED) is 0.480. The number of methoxy groups -OCH3 is 1. The molecule has 0 aliphatic carbocycles. The summed E-state index contributed by atoms with van der Waals surface area (Å²) >= 11 is 0. The van der Waals surface area contributed by atoms with Crippen LogP contribution in [-0.2, 0) is 19.6 Å². The van der Waals surface area contributed by atoms with E-state index in [1.54, 1.807) is 20.5 Å². The number of ether oxygens (including phenoxy) is 1. The fourth-order valence-electron chi connectivity index (χ4n) is 3.67. The first-order valence-corrected chi connectivity index (χ1v) is 10.1. The molecule has 0 fully saturated rings. The second-order valence-corrected chi connectivity index (χ2v) is 7.22. The van der Waals surface area contributed by atoms with Gasteiger partial charge in [-0.05, 0) is 56.7 Å². The van der Waals surface area contributed by atoms with Crippen molar-refractivity contribution >= 4 is 5.96 Å². The van der Waals surface area contributed by atoms with Crippen LogP contribution < -0.4 is 10.1 Å². The average Bonchev–Trinajstić information content (AvgIpc) is 3.32. The number of nitrogens with one attached hydrogen (secondary N) is 1. The van der Waals surface area contributed by atoms with Crippen molar-refractivity contribution in [3.8, 4) is 11.4 Å². The largest absolute Gasteiger partial charge is 0.497 e. The maximum absolute atomic E-state index is 5.28. The first-order valence-electron chi connectivity index (χ1n) is 10.1. The highest BCUT2D eigenvalue weighted by Crippen LogP contribution is 2.23. The fraction of sp³-hybridized carbons (Fsp3) is 0.409. The second kappa shape index (κ2) is 9.47. The number of hydrogen-bond acceptors (Lipinski definition) is 4. The Morgan fingerprint density at radius 3 is 2.60 bits per heavy atom. The number of guanidine groups is 1. The van der Waals surface area contributed by atoms with Crippen molar-refractivity contribution in [1.82, 2.24) is 29.5 Å². The van der Waals surface area contributed by atoms with E-state index >= 15 is 0 Å². The summed E-state index contributed by atoms with van der Waals surface area (Å²) in [6.45, 7) is 8.53. The first kappa shape index (κ1) is 21.4. The van der Waals surface area contributed by atoms with Crippen LogP contribution in [0.1, 0.15) is 29.7 Å². The molecule has 0 atom stereocenters. The predicted octanol–water partition coefficient (Wildman–Crippen LogP) is 2.92. The summed E-state index contributed by atoms with van der Waals surface area (Å²) < 4.78 is 9.56. The third kappa shape index (κ3) is 4.48. The third-order valence-corrected chi connectivity index (χ3v) is 5.29. The van der Waals surface area contributed by atoms with E-state index in [0.29, 0.717) is 6.54 Å². The standard InChI is InChI=1S/C22H31N7O/c1-7-28-15-25-26-21(28)13-24-22(23-4)27(5)14-18-12-16(2)29(17(18)3)19-8-10-20(30-6)11-9-19/h8-12,15H,7,13-14H2,1-6H3,(H,23,24). The Morgan fingerprint density at radius 2 is 1.97 bits per heavy atom. The maximum atomic E-state index is 5.28. The SMILES string of the molecule is CCn1cnnc1CNC(=NC)N(C)Cc1cc(C)n(-c2ccc(OC)cc2)c1C. The van der Waals surface area contributed by atoms with E-state index in [4.69, 9.17) is 4.74 Å². The topological polar surface area (TPSA) is 72.5 Å². The van der Waals surface area contributed by atoms with Crippen LogP contribution in [0.4, 0.5) is 0 Å². The van der Waals surface area contributed by atoms with Crippen molar-refractivity contribution in [2.24, 2.45) is 4.99 Å². The lowest BCUT2D eigenvalue weighted by Crippen LogP contribution is -2.38. The highest BCUT2D eigenvalue weighted by molar-refractivity contribution is 5.79. The molecule has 0 spiro atoms. The van der Waals surface area contributed by atoms with Crippen LogP contribution in [0.5, 0.6) is 5.75 Å². The van der Waals surface area contributed by atoms with Crippen molar-refractivity contribution < 1.29 is 4.74 Å². The third-order valence-electron chi connectivity index (χ3n) is 5.29. The summed E-state index contributed by atoms with van der Waals surface area (Å²) in [7, 11) is 5.52. The number of rotatable bonds is 7. The molecule has 2 heterocycles. The van der Waals surface area contributed by atoms with Gasteiger partial charge in [0, 0.05) is 44.3 Å². The van der Waals surface area contributed by atoms with Gasteiger partial charge in [-0.15, -0.1) is 10.2 Å². The molecular weight excluding hydrogens is 378 g/mol. The lowest BCUT2D eigenvalue weighted by molar-refractivity contribution is 0.414. The molecule has 0 unspecified atom stereocenters. The highest BCUT2D eigenvalue weighted by Gasteiger charge is 2.15. The molecule has 3 rings (SSSR count). The van der Waals surface area contributed by atoms with Gasteiger partial charge in [-0.1, -0.05) is 0 Å². The van der Waals surface area contributed by atoms with E-state index < -0.39 is 0 Å². The van der Waals surface area contributed by atoms with Crippen molar-refractivity contribution in [2.75, 3.05) is 21.2 Å². The monoisotopic (exact) mass is 409 g/mol. The molecule has 0 aliphatic rings. The van der Waals surface area contributed by atoms with E-state index in [1.165, 1.54) is 17.0 Å². The van der Waals surface area contributed by atoms with E-state index in [0.717, 1.165) is 36.3 Å². The summed E-state index contributed by atoms with van der Waals surface area (Å²) in [5, 5.41) is 11.5. The van der Waals surface area contributed by atoms with Gasteiger partial charge in [-0.25, -0.2) is 0 Å². The first-order chi connectivity index (χ1) is 14.5. The zero-order chi connectivity index (χ0) is 21.7. The smallest absolute Gasteiger partial charge is 0.194 e. The van der Waals surface area contributed by atoms with Crippen molar-refractivity contribution in [3.05, 3.63) is 59.4 Å². The minimum absolute atomic E-state index is 0.579. The fourth-order valence-corrected chi connectivity index (χ4v) is 3.67. The van der Waals surface area contributed by atoms with Gasteiger partial charge in [-0.3, -0.25) is 4.99 Å². The molecule has 8 nitrogen and oxygen atoms in total. The number of nitrogens with zero attached hydrogens (tertiary/aromatic N) is 6. The molecule has 0 bridgehead atoms. The van der Waals surface area contributed by atoms with Crippen LogP contribution in [-0.4, -0.2) is 51.4 Å². The van der Waals surface area contributed by atoms with E-state index in [2.05, 4.69) is 68.9 Å². The van der Waals surface area contributed by atoms with Gasteiger partial charge in [-0.2, -0.15) is 0 Å². The van der Waals surface area contributed by atoms with E-state index in [1.807, 2.05) is 23.7 Å². The number of hydrogen-bond donors (Lipinski definition) is 1. The molecule has 0 saturated carbocycles. The second-order valence-electron chi connectivity index (χ2n) is 7.22. The molecule has 160 valence electrons. The molecule has 0 saturated heterocycles. The van der Waals surface area contributed by atoms with Gasteiger partial charge in [0.1, 0.15) is 12.1 Å². The van der Waals surface area contributed by atoms with Crippen LogP contribution in [0.25, 0.3) is 5.69 Å². The van der Waals surface area contributed by atoms with E-state index in [9.17, 15) is 0 Å². The van der Waals surface area contributed by atoms with Gasteiger partial charge in [0.05, 0.1) is 13.7 Å². The Bertz CT molecular complexity index is 1000. The molecule has 0 amide bonds. The van der Waals surface area contributed by atoms with Crippen LogP contribution in [0.2, 0.25) is 0 Å². The van der Waals surface area contributed by atoms with Gasteiger partial charge in [0.15, 0.2) is 11.8 Å². The van der Waals surface area contributed by atoms with Gasteiger partial charge in [0.2, 0.25) is 0 Å². The Balaban J connectivity index is 1.73. The number of aliphatic imine (C=N–C) groups is 1. The van der Waals surface area contributed by atoms with E-state index in [-0.39, 0.29) is 0 Å². The van der Waals surface area contributed by atoms with Crippen molar-refractivity contribution in [1.29, 1.82) is 0 Å².